The van der Waals surface area contributed by atoms with Crippen molar-refractivity contribution in [3.05, 3.63) is 52.2 Å². The van der Waals surface area contributed by atoms with Crippen molar-refractivity contribution >= 4 is 28.8 Å². The lowest BCUT2D eigenvalue weighted by Gasteiger charge is -2.35. The van der Waals surface area contributed by atoms with E-state index in [2.05, 4.69) is 19.2 Å². The van der Waals surface area contributed by atoms with Gasteiger partial charge in [0.1, 0.15) is 0 Å². The Morgan fingerprint density at radius 3 is 2.52 bits per heavy atom. The average molecular weight is 356 g/mol. The van der Waals surface area contributed by atoms with Crippen LogP contribution in [0.5, 0.6) is 0 Å². The topological polar surface area (TPSA) is 49.4 Å². The number of anilines is 1. The number of nitrogens with zero attached hydrogens (tertiary/aromatic N) is 1. The van der Waals surface area contributed by atoms with Crippen LogP contribution in [0.4, 0.5) is 5.69 Å². The summed E-state index contributed by atoms with van der Waals surface area (Å²) in [4.78, 5) is 28.2. The minimum Gasteiger partial charge on any atom is -0.338 e. The third-order valence-electron chi connectivity index (χ3n) is 4.50. The predicted octanol–water partition coefficient (Wildman–Crippen LogP) is 4.05. The number of amides is 2. The molecule has 25 heavy (non-hydrogen) atoms. The molecule has 4 nitrogen and oxygen atoms in total. The molecular weight excluding hydrogens is 332 g/mol. The van der Waals surface area contributed by atoms with E-state index in [4.69, 9.17) is 0 Å². The highest BCUT2D eigenvalue weighted by atomic mass is 32.1. The maximum atomic E-state index is 13.0. The molecule has 2 unspecified atom stereocenters. The molecule has 3 rings (SSSR count). The molecule has 2 amide bonds. The van der Waals surface area contributed by atoms with Crippen LogP contribution in [0.25, 0.3) is 0 Å². The molecule has 1 aromatic heterocycles. The number of hydrogen-bond donors (Lipinski definition) is 1. The Morgan fingerprint density at radius 1 is 1.12 bits per heavy atom. The highest BCUT2D eigenvalue weighted by molar-refractivity contribution is 7.10. The fourth-order valence-corrected chi connectivity index (χ4v) is 4.25. The van der Waals surface area contributed by atoms with Gasteiger partial charge in [0.2, 0.25) is 5.91 Å². The molecule has 5 heteroatoms. The van der Waals surface area contributed by atoms with Crippen LogP contribution in [0.1, 0.15) is 35.5 Å². The maximum Gasteiger partial charge on any atom is 0.255 e. The first kappa shape index (κ1) is 17.7. The Morgan fingerprint density at radius 2 is 1.84 bits per heavy atom. The molecule has 1 saturated heterocycles. The van der Waals surface area contributed by atoms with Crippen LogP contribution in [0.3, 0.4) is 0 Å². The molecule has 1 aromatic carbocycles. The molecular formula is C20H24N2O2S. The summed E-state index contributed by atoms with van der Waals surface area (Å²) in [6, 6.07) is 11.2. The summed E-state index contributed by atoms with van der Waals surface area (Å²) < 4.78 is 0. The van der Waals surface area contributed by atoms with E-state index < -0.39 is 0 Å². The van der Waals surface area contributed by atoms with Gasteiger partial charge in [0.05, 0.1) is 17.7 Å². The van der Waals surface area contributed by atoms with E-state index in [9.17, 15) is 9.59 Å². The van der Waals surface area contributed by atoms with Gasteiger partial charge in [-0.05, 0) is 41.8 Å². The summed E-state index contributed by atoms with van der Waals surface area (Å²) in [5.41, 5.74) is 1.17. The van der Waals surface area contributed by atoms with Crippen LogP contribution < -0.4 is 5.32 Å². The summed E-state index contributed by atoms with van der Waals surface area (Å²) >= 11 is 1.56. The lowest BCUT2D eigenvalue weighted by molar-refractivity contribution is -0.115. The smallest absolute Gasteiger partial charge is 0.255 e. The van der Waals surface area contributed by atoms with E-state index in [-0.39, 0.29) is 11.8 Å². The van der Waals surface area contributed by atoms with E-state index in [1.807, 2.05) is 34.5 Å². The van der Waals surface area contributed by atoms with Crippen molar-refractivity contribution in [1.82, 2.24) is 4.90 Å². The van der Waals surface area contributed by atoms with Gasteiger partial charge in [-0.2, -0.15) is 0 Å². The number of carbonyl (C=O) groups is 2. The molecule has 0 spiro atoms. The first-order valence-electron chi connectivity index (χ1n) is 8.73. The van der Waals surface area contributed by atoms with E-state index in [1.54, 1.807) is 23.5 Å². The van der Waals surface area contributed by atoms with Gasteiger partial charge >= 0.3 is 0 Å². The van der Waals surface area contributed by atoms with Crippen LogP contribution in [0, 0.1) is 11.8 Å². The number of piperidine rings is 1. The second-order valence-corrected chi connectivity index (χ2v) is 8.04. The van der Waals surface area contributed by atoms with Crippen LogP contribution in [0.15, 0.2) is 41.8 Å². The third-order valence-corrected chi connectivity index (χ3v) is 5.38. The predicted molar refractivity (Wildman–Crippen MR) is 102 cm³/mol. The number of benzene rings is 1. The number of thiophene rings is 1. The second kappa shape index (κ2) is 7.83. The summed E-state index contributed by atoms with van der Waals surface area (Å²) in [7, 11) is 0. The number of carbonyl (C=O) groups excluding carboxylic acids is 2. The standard InChI is InChI=1S/C20H24N2O2S/c1-14-10-15(2)13-22(12-14)20(24)17-7-3-4-8-18(17)21-19(23)11-16-6-5-9-25-16/h3-9,14-15H,10-13H2,1-2H3,(H,21,23). The molecule has 1 aliphatic rings. The van der Waals surface area contributed by atoms with E-state index in [1.165, 1.54) is 0 Å². The number of hydrogen-bond acceptors (Lipinski definition) is 3. The van der Waals surface area contributed by atoms with Gasteiger partial charge in [0.15, 0.2) is 0 Å². The number of likely N-dealkylation sites (tertiary alicyclic amines) is 1. The van der Waals surface area contributed by atoms with E-state index >= 15 is 0 Å². The van der Waals surface area contributed by atoms with Crippen molar-refractivity contribution in [3.63, 3.8) is 0 Å². The Balaban J connectivity index is 1.74. The van der Waals surface area contributed by atoms with Crippen molar-refractivity contribution in [2.45, 2.75) is 26.7 Å². The van der Waals surface area contributed by atoms with Gasteiger partial charge in [-0.3, -0.25) is 9.59 Å². The molecule has 1 fully saturated rings. The molecule has 1 N–H and O–H groups in total. The molecule has 0 aliphatic carbocycles. The van der Waals surface area contributed by atoms with Crippen LogP contribution >= 0.6 is 11.3 Å². The molecule has 2 heterocycles. The molecule has 0 radical (unpaired) electrons. The molecule has 0 bridgehead atoms. The quantitative estimate of drug-likeness (QED) is 0.898. The summed E-state index contributed by atoms with van der Waals surface area (Å²) in [5.74, 6) is 0.926. The average Bonchev–Trinajstić information content (AvgIpc) is 3.06. The summed E-state index contributed by atoms with van der Waals surface area (Å²) in [5, 5.41) is 4.87. The molecule has 2 aromatic rings. The third kappa shape index (κ3) is 4.48. The Labute approximate surface area is 152 Å². The van der Waals surface area contributed by atoms with Gasteiger partial charge in [0, 0.05) is 18.0 Å². The van der Waals surface area contributed by atoms with Crippen molar-refractivity contribution in [2.24, 2.45) is 11.8 Å². The summed E-state index contributed by atoms with van der Waals surface area (Å²) in [6.45, 7) is 5.93. The normalized spacial score (nSPS) is 20.3. The lowest BCUT2D eigenvalue weighted by atomic mass is 9.91. The Bertz CT molecular complexity index is 732. The minimum absolute atomic E-state index is 0.00502. The highest BCUT2D eigenvalue weighted by Gasteiger charge is 2.27. The van der Waals surface area contributed by atoms with Gasteiger partial charge in [-0.15, -0.1) is 11.3 Å². The van der Waals surface area contributed by atoms with Crippen molar-refractivity contribution in [2.75, 3.05) is 18.4 Å². The van der Waals surface area contributed by atoms with Crippen LogP contribution in [0.2, 0.25) is 0 Å². The fraction of sp³-hybridized carbons (Fsp3) is 0.400. The van der Waals surface area contributed by atoms with Crippen molar-refractivity contribution in [1.29, 1.82) is 0 Å². The van der Waals surface area contributed by atoms with Gasteiger partial charge < -0.3 is 10.2 Å². The zero-order valence-corrected chi connectivity index (χ0v) is 15.5. The fourth-order valence-electron chi connectivity index (χ4n) is 3.54. The maximum absolute atomic E-state index is 13.0. The molecule has 132 valence electrons. The number of rotatable bonds is 4. The van der Waals surface area contributed by atoms with E-state index in [0.29, 0.717) is 29.5 Å². The zero-order valence-electron chi connectivity index (χ0n) is 14.7. The first-order chi connectivity index (χ1) is 12.0. The van der Waals surface area contributed by atoms with Crippen LogP contribution in [-0.4, -0.2) is 29.8 Å². The van der Waals surface area contributed by atoms with E-state index in [0.717, 1.165) is 24.4 Å². The first-order valence-corrected chi connectivity index (χ1v) is 9.61. The van der Waals surface area contributed by atoms with Gasteiger partial charge in [-0.25, -0.2) is 0 Å². The minimum atomic E-state index is -0.0944. The SMILES string of the molecule is CC1CC(C)CN(C(=O)c2ccccc2NC(=O)Cc2cccs2)C1. The van der Waals surface area contributed by atoms with Crippen molar-refractivity contribution < 1.29 is 9.59 Å². The van der Waals surface area contributed by atoms with Crippen molar-refractivity contribution in [3.8, 4) is 0 Å². The van der Waals surface area contributed by atoms with Gasteiger partial charge in [-0.1, -0.05) is 32.0 Å². The monoisotopic (exact) mass is 356 g/mol. The summed E-state index contributed by atoms with van der Waals surface area (Å²) in [6.07, 6.45) is 1.49. The zero-order chi connectivity index (χ0) is 17.8. The lowest BCUT2D eigenvalue weighted by Crippen LogP contribution is -2.42. The highest BCUT2D eigenvalue weighted by Crippen LogP contribution is 2.25. The Hall–Kier alpha value is -2.14. The number of nitrogens with one attached hydrogen (secondary N) is 1. The molecule has 2 atom stereocenters. The second-order valence-electron chi connectivity index (χ2n) is 7.01. The number of para-hydroxylation sites is 1. The van der Waals surface area contributed by atoms with Gasteiger partial charge in [0.25, 0.3) is 5.91 Å². The Kier molecular flexibility index (Phi) is 5.53. The molecule has 0 saturated carbocycles. The van der Waals surface area contributed by atoms with Crippen LogP contribution in [-0.2, 0) is 11.2 Å². The molecule has 1 aliphatic heterocycles. The largest absolute Gasteiger partial charge is 0.338 e.